The third-order valence-corrected chi connectivity index (χ3v) is 10.1. The van der Waals surface area contributed by atoms with E-state index in [1.54, 1.807) is 11.9 Å². The van der Waals surface area contributed by atoms with Gasteiger partial charge in [-0.15, -0.1) is 0 Å². The van der Waals surface area contributed by atoms with Gasteiger partial charge in [0.1, 0.15) is 23.3 Å². The maximum atomic E-state index is 13.3. The molecule has 2 saturated heterocycles. The minimum Gasteiger partial charge on any atom is -0.473 e. The summed E-state index contributed by atoms with van der Waals surface area (Å²) in [6.07, 6.45) is 8.52. The maximum Gasteiger partial charge on any atom is 0.410 e. The fourth-order valence-electron chi connectivity index (χ4n) is 7.66. The lowest BCUT2D eigenvalue weighted by atomic mass is 9.64. The summed E-state index contributed by atoms with van der Waals surface area (Å²) < 4.78 is 18.2. The number of hydrogen-bond acceptors (Lipinski definition) is 10. The highest BCUT2D eigenvalue weighted by molar-refractivity contribution is 5.91. The van der Waals surface area contributed by atoms with Gasteiger partial charge in [0.25, 0.3) is 0 Å². The monoisotopic (exact) mass is 608 g/mol. The van der Waals surface area contributed by atoms with Gasteiger partial charge in [0.15, 0.2) is 17.3 Å². The van der Waals surface area contributed by atoms with Crippen molar-refractivity contribution >= 4 is 17.7 Å². The van der Waals surface area contributed by atoms with Crippen LogP contribution >= 0.6 is 0 Å². The molecular weight excluding hydrogens is 560 g/mol. The summed E-state index contributed by atoms with van der Waals surface area (Å²) in [5.74, 6) is 2.68. The summed E-state index contributed by atoms with van der Waals surface area (Å²) in [4.78, 5) is 42.2. The zero-order valence-corrected chi connectivity index (χ0v) is 27.2. The normalized spacial score (nSPS) is 26.6. The van der Waals surface area contributed by atoms with Crippen LogP contribution in [0.3, 0.4) is 0 Å². The number of fused-ring (bicyclic) bond motifs is 2. The highest BCUT2D eigenvalue weighted by Gasteiger charge is 2.48. The van der Waals surface area contributed by atoms with Crippen molar-refractivity contribution in [3.05, 3.63) is 17.4 Å². The molecule has 11 nitrogen and oxygen atoms in total. The van der Waals surface area contributed by atoms with Crippen LogP contribution in [0.1, 0.15) is 96.8 Å². The van der Waals surface area contributed by atoms with Crippen molar-refractivity contribution in [3.63, 3.8) is 0 Å². The first-order valence-corrected chi connectivity index (χ1v) is 16.4. The van der Waals surface area contributed by atoms with Crippen LogP contribution in [-0.2, 0) is 21.4 Å². The number of ketones is 1. The van der Waals surface area contributed by atoms with E-state index in [1.807, 2.05) is 26.8 Å². The van der Waals surface area contributed by atoms with Crippen molar-refractivity contribution < 1.29 is 23.6 Å². The number of likely N-dealkylation sites (tertiary alicyclic amines) is 1. The van der Waals surface area contributed by atoms with Crippen molar-refractivity contribution in [3.8, 4) is 17.4 Å². The molecule has 1 amide bonds. The van der Waals surface area contributed by atoms with E-state index in [4.69, 9.17) is 24.0 Å². The van der Waals surface area contributed by atoms with Gasteiger partial charge in [-0.2, -0.15) is 4.98 Å². The quantitative estimate of drug-likeness (QED) is 0.436. The van der Waals surface area contributed by atoms with Crippen molar-refractivity contribution in [1.82, 2.24) is 24.9 Å². The molecule has 4 aliphatic rings. The molecule has 0 bridgehead atoms. The summed E-state index contributed by atoms with van der Waals surface area (Å²) in [7, 11) is 3.94. The van der Waals surface area contributed by atoms with Gasteiger partial charge >= 0.3 is 6.09 Å². The number of anilines is 1. The summed E-state index contributed by atoms with van der Waals surface area (Å²) in [5, 5.41) is 4.53. The Labute approximate surface area is 260 Å². The Morgan fingerprint density at radius 2 is 1.91 bits per heavy atom. The molecule has 1 spiro atoms. The Kier molecular flexibility index (Phi) is 8.36. The lowest BCUT2D eigenvalue weighted by Gasteiger charge is -2.36. The molecule has 4 atom stereocenters. The molecule has 0 aromatic carbocycles. The summed E-state index contributed by atoms with van der Waals surface area (Å²) in [6, 6.07) is 2.20. The first kappa shape index (κ1) is 30.8. The molecule has 11 heteroatoms. The van der Waals surface area contributed by atoms with E-state index < -0.39 is 11.0 Å². The van der Waals surface area contributed by atoms with Crippen molar-refractivity contribution in [2.75, 3.05) is 38.6 Å². The van der Waals surface area contributed by atoms with Gasteiger partial charge in [-0.05, 0) is 92.7 Å². The molecule has 1 unspecified atom stereocenters. The molecule has 2 aromatic heterocycles. The van der Waals surface area contributed by atoms with Gasteiger partial charge in [0.05, 0.1) is 11.5 Å². The fourth-order valence-corrected chi connectivity index (χ4v) is 7.66. The minimum atomic E-state index is -0.565. The first-order valence-electron chi connectivity index (χ1n) is 16.4. The summed E-state index contributed by atoms with van der Waals surface area (Å²) in [5.41, 5.74) is 0.446. The molecule has 6 rings (SSSR count). The molecular formula is C33H48N6O5. The van der Waals surface area contributed by atoms with E-state index in [0.717, 1.165) is 88.0 Å². The van der Waals surface area contributed by atoms with Crippen molar-refractivity contribution in [2.45, 2.75) is 121 Å². The van der Waals surface area contributed by atoms with Crippen LogP contribution in [0.2, 0.25) is 0 Å². The molecule has 2 aliphatic heterocycles. The second-order valence-corrected chi connectivity index (χ2v) is 14.3. The Bertz CT molecular complexity index is 1390. The van der Waals surface area contributed by atoms with E-state index in [9.17, 15) is 9.59 Å². The van der Waals surface area contributed by atoms with Crippen LogP contribution in [0.5, 0.6) is 5.88 Å². The lowest BCUT2D eigenvalue weighted by molar-refractivity contribution is -0.128. The fraction of sp³-hybridized carbons (Fsp3) is 0.727. The Morgan fingerprint density at radius 3 is 2.64 bits per heavy atom. The topological polar surface area (TPSA) is 114 Å². The second-order valence-electron chi connectivity index (χ2n) is 14.3. The number of carbonyl (C=O) groups is 2. The van der Waals surface area contributed by atoms with Crippen LogP contribution in [-0.4, -0.2) is 94.3 Å². The zero-order chi connectivity index (χ0) is 31.2. The van der Waals surface area contributed by atoms with Crippen molar-refractivity contribution in [2.24, 2.45) is 0 Å². The SMILES string of the molecule is C[C@H](Oc1cc(N2CCC(N(C)C(=O)OC(C)(C)C)C2)nc(-c2noc3c2CCC[C@@]32CCCCC2=O)n1)[C@@H]1CCCN1C. The van der Waals surface area contributed by atoms with Gasteiger partial charge in [-0.25, -0.2) is 9.78 Å². The van der Waals surface area contributed by atoms with E-state index in [1.165, 1.54) is 0 Å². The number of carbonyl (C=O) groups excluding carboxylic acids is 2. The van der Waals surface area contributed by atoms with Gasteiger partial charge in [-0.1, -0.05) is 11.6 Å². The molecule has 2 aromatic rings. The number of ether oxygens (including phenoxy) is 2. The molecule has 0 N–H and O–H groups in total. The van der Waals surface area contributed by atoms with Crippen LogP contribution in [0, 0.1) is 0 Å². The average Bonchev–Trinajstić information content (AvgIpc) is 3.73. The van der Waals surface area contributed by atoms with Crippen LogP contribution in [0.4, 0.5) is 10.6 Å². The number of rotatable bonds is 6. The molecule has 1 saturated carbocycles. The maximum absolute atomic E-state index is 13.3. The highest BCUT2D eigenvalue weighted by atomic mass is 16.6. The van der Waals surface area contributed by atoms with E-state index in [2.05, 4.69) is 28.9 Å². The first-order chi connectivity index (χ1) is 20.9. The standard InChI is InChI=1S/C33H48N6O5/c1-21(24-12-10-17-37(24)5)42-27-19-26(39-18-14-22(20-39)38(6)31(41)43-32(2,3)4)34-30(35-27)28-23-11-9-16-33(29(23)44-36-28)15-8-7-13-25(33)40/h19,21-22,24H,7-18,20H2,1-6H3/t21-,22?,24-,33+/m0/s1. The number of likely N-dealkylation sites (N-methyl/N-ethyl adjacent to an activating group) is 2. The van der Waals surface area contributed by atoms with Crippen LogP contribution in [0.25, 0.3) is 11.5 Å². The Hall–Kier alpha value is -3.21. The van der Waals surface area contributed by atoms with Gasteiger partial charge in [-0.3, -0.25) is 9.69 Å². The minimum absolute atomic E-state index is 0.0179. The average molecular weight is 609 g/mol. The van der Waals surface area contributed by atoms with Gasteiger partial charge in [0.2, 0.25) is 5.88 Å². The van der Waals surface area contributed by atoms with E-state index >= 15 is 0 Å². The van der Waals surface area contributed by atoms with E-state index in [-0.39, 0.29) is 24.0 Å². The molecule has 3 fully saturated rings. The van der Waals surface area contributed by atoms with Crippen LogP contribution < -0.4 is 9.64 Å². The van der Waals surface area contributed by atoms with Gasteiger partial charge < -0.3 is 23.8 Å². The van der Waals surface area contributed by atoms with Crippen LogP contribution in [0.15, 0.2) is 10.6 Å². The number of nitrogens with zero attached hydrogens (tertiary/aromatic N) is 6. The second kappa shape index (κ2) is 11.9. The third-order valence-electron chi connectivity index (χ3n) is 10.1. The summed E-state index contributed by atoms with van der Waals surface area (Å²) >= 11 is 0. The number of aromatic nitrogens is 3. The van der Waals surface area contributed by atoms with Gasteiger partial charge in [0, 0.05) is 44.2 Å². The third kappa shape index (κ3) is 5.91. The number of amides is 1. The molecule has 2 aliphatic carbocycles. The largest absolute Gasteiger partial charge is 0.473 e. The molecule has 44 heavy (non-hydrogen) atoms. The zero-order valence-electron chi connectivity index (χ0n) is 27.2. The number of hydrogen-bond donors (Lipinski definition) is 0. The summed E-state index contributed by atoms with van der Waals surface area (Å²) in [6.45, 7) is 10.1. The smallest absolute Gasteiger partial charge is 0.410 e. The lowest BCUT2D eigenvalue weighted by Crippen LogP contribution is -2.42. The predicted octanol–water partition coefficient (Wildman–Crippen LogP) is 5.16. The number of Topliss-reactive ketones (excluding diaryl/α,β-unsaturated/α-hetero) is 1. The van der Waals surface area contributed by atoms with E-state index in [0.29, 0.717) is 36.4 Å². The predicted molar refractivity (Wildman–Crippen MR) is 166 cm³/mol. The molecule has 4 heterocycles. The molecule has 240 valence electrons. The Balaban J connectivity index is 1.32. The van der Waals surface area contributed by atoms with Crippen molar-refractivity contribution in [1.29, 1.82) is 0 Å². The Morgan fingerprint density at radius 1 is 1.11 bits per heavy atom. The highest BCUT2D eigenvalue weighted by Crippen LogP contribution is 2.47. The molecule has 0 radical (unpaired) electrons.